The average molecular weight is 391 g/mol. The van der Waals surface area contributed by atoms with E-state index < -0.39 is 14.3 Å². The Morgan fingerprint density at radius 1 is 1.11 bits per heavy atom. The summed E-state index contributed by atoms with van der Waals surface area (Å²) in [5.41, 5.74) is 9.32. The number of nitrogen functional groups attached to an aromatic ring is 1. The molecule has 0 atom stereocenters. The zero-order valence-corrected chi connectivity index (χ0v) is 18.5. The number of carboxylic acids is 1. The van der Waals surface area contributed by atoms with Crippen molar-refractivity contribution in [3.05, 3.63) is 30.0 Å². The first kappa shape index (κ1) is 21.5. The third-order valence-corrected chi connectivity index (χ3v) is 11.8. The van der Waals surface area contributed by atoms with Gasteiger partial charge in [-0.05, 0) is 47.3 Å². The molecule has 0 saturated carbocycles. The van der Waals surface area contributed by atoms with Gasteiger partial charge in [-0.2, -0.15) is 0 Å². The van der Waals surface area contributed by atoms with Crippen molar-refractivity contribution in [2.45, 2.75) is 71.1 Å². The predicted molar refractivity (Wildman–Crippen MR) is 115 cm³/mol. The van der Waals surface area contributed by atoms with Gasteiger partial charge in [0.15, 0.2) is 8.32 Å². The van der Waals surface area contributed by atoms with Crippen LogP contribution >= 0.6 is 0 Å². The number of rotatable bonds is 9. The van der Waals surface area contributed by atoms with Gasteiger partial charge in [0.25, 0.3) is 0 Å². The molecule has 27 heavy (non-hydrogen) atoms. The molecule has 1 aromatic heterocycles. The van der Waals surface area contributed by atoms with Crippen LogP contribution in [0, 0.1) is 0 Å². The third-order valence-electron chi connectivity index (χ3n) is 5.73. The molecule has 0 aliphatic rings. The summed E-state index contributed by atoms with van der Waals surface area (Å²) in [4.78, 5) is 11.7. The van der Waals surface area contributed by atoms with Crippen molar-refractivity contribution in [1.82, 2.24) is 4.57 Å². The number of carboxylic acid groups (broad SMARTS) is 1. The van der Waals surface area contributed by atoms with Crippen LogP contribution in [-0.2, 0) is 11.0 Å². The highest BCUT2D eigenvalue weighted by molar-refractivity contribution is 6.77. The summed E-state index contributed by atoms with van der Waals surface area (Å²) >= 11 is 0. The molecule has 0 saturated heterocycles. The van der Waals surface area contributed by atoms with Gasteiger partial charge in [-0.15, -0.1) is 0 Å². The molecule has 2 rings (SSSR count). The number of anilines is 1. The van der Waals surface area contributed by atoms with Gasteiger partial charge in [0.05, 0.1) is 0 Å². The molecule has 0 fully saturated rings. The molecule has 0 unspecified atom stereocenters. The number of benzene rings is 1. The number of carbonyl (C=O) groups is 1. The first-order valence-electron chi connectivity index (χ1n) is 9.87. The number of nitrogens with zero attached hydrogens (tertiary/aromatic N) is 1. The van der Waals surface area contributed by atoms with E-state index in [-0.39, 0.29) is 0 Å². The molecule has 3 N–H and O–H groups in total. The average Bonchev–Trinajstić information content (AvgIpc) is 2.91. The predicted octanol–water partition coefficient (Wildman–Crippen LogP) is 5.50. The molecule has 2 aromatic rings. The SMILES string of the molecule is CC(C)[Si](OCCCn1c(C(=O)O)cc2cc(N)ccc21)(C(C)C)C(C)C. The second-order valence-electron chi connectivity index (χ2n) is 8.32. The number of hydrogen-bond acceptors (Lipinski definition) is 3. The molecule has 6 heteroatoms. The molecule has 0 radical (unpaired) electrons. The monoisotopic (exact) mass is 390 g/mol. The summed E-state index contributed by atoms with van der Waals surface area (Å²) < 4.78 is 8.47. The van der Waals surface area contributed by atoms with Gasteiger partial charge < -0.3 is 19.8 Å². The van der Waals surface area contributed by atoms with Gasteiger partial charge in [0.1, 0.15) is 5.69 Å². The Labute approximate surface area is 163 Å². The summed E-state index contributed by atoms with van der Waals surface area (Å²) in [7, 11) is -1.89. The largest absolute Gasteiger partial charge is 0.477 e. The van der Waals surface area contributed by atoms with Gasteiger partial charge >= 0.3 is 5.97 Å². The molecule has 5 nitrogen and oxygen atoms in total. The minimum absolute atomic E-state index is 0.302. The minimum Gasteiger partial charge on any atom is -0.477 e. The summed E-state index contributed by atoms with van der Waals surface area (Å²) in [6.45, 7) is 14.9. The smallest absolute Gasteiger partial charge is 0.352 e. The summed E-state index contributed by atoms with van der Waals surface area (Å²) in [6, 6.07) is 7.23. The maximum Gasteiger partial charge on any atom is 0.352 e. The first-order valence-corrected chi connectivity index (χ1v) is 12.0. The van der Waals surface area contributed by atoms with E-state index in [0.717, 1.165) is 17.3 Å². The molecule has 0 spiro atoms. The molecule has 0 aliphatic carbocycles. The van der Waals surface area contributed by atoms with Gasteiger partial charge in [-0.1, -0.05) is 41.5 Å². The van der Waals surface area contributed by atoms with Crippen molar-refractivity contribution >= 4 is 30.9 Å². The van der Waals surface area contributed by atoms with Crippen LogP contribution in [0.4, 0.5) is 5.69 Å². The van der Waals surface area contributed by atoms with Crippen LogP contribution in [0.2, 0.25) is 16.6 Å². The van der Waals surface area contributed by atoms with Crippen molar-refractivity contribution in [1.29, 1.82) is 0 Å². The van der Waals surface area contributed by atoms with Crippen LogP contribution in [0.15, 0.2) is 24.3 Å². The number of aromatic carboxylic acids is 1. The standard InChI is InChI=1S/C21H34N2O3Si/c1-14(2)27(15(3)4,16(5)6)26-11-7-10-23-19-9-8-18(22)12-17(19)13-20(23)21(24)25/h8-9,12-16H,7,10-11,22H2,1-6H3,(H,24,25). The Morgan fingerprint density at radius 3 is 2.22 bits per heavy atom. The maximum atomic E-state index is 11.7. The molecule has 0 amide bonds. The first-order chi connectivity index (χ1) is 12.6. The highest BCUT2D eigenvalue weighted by Crippen LogP contribution is 2.42. The summed E-state index contributed by atoms with van der Waals surface area (Å²) in [5, 5.41) is 10.4. The summed E-state index contributed by atoms with van der Waals surface area (Å²) in [5.74, 6) is -0.916. The quantitative estimate of drug-likeness (QED) is 0.336. The van der Waals surface area contributed by atoms with Crippen LogP contribution in [-0.4, -0.2) is 30.6 Å². The van der Waals surface area contributed by atoms with Gasteiger partial charge in [-0.25, -0.2) is 4.79 Å². The normalized spacial score (nSPS) is 12.6. The Morgan fingerprint density at radius 2 is 1.70 bits per heavy atom. The lowest BCUT2D eigenvalue weighted by molar-refractivity contribution is 0.0685. The highest BCUT2D eigenvalue weighted by Gasteiger charge is 2.44. The third kappa shape index (κ3) is 4.22. The van der Waals surface area contributed by atoms with E-state index >= 15 is 0 Å². The second kappa shape index (κ2) is 8.48. The van der Waals surface area contributed by atoms with Crippen LogP contribution in [0.1, 0.15) is 58.5 Å². The van der Waals surface area contributed by atoms with E-state index in [2.05, 4.69) is 41.5 Å². The van der Waals surface area contributed by atoms with E-state index in [1.165, 1.54) is 0 Å². The number of fused-ring (bicyclic) bond motifs is 1. The fourth-order valence-corrected chi connectivity index (χ4v) is 10.2. The lowest BCUT2D eigenvalue weighted by Crippen LogP contribution is -2.48. The molecular formula is C21H34N2O3Si. The van der Waals surface area contributed by atoms with Gasteiger partial charge in [-0.3, -0.25) is 0 Å². The van der Waals surface area contributed by atoms with Crippen LogP contribution in [0.5, 0.6) is 0 Å². The van der Waals surface area contributed by atoms with Crippen molar-refractivity contribution in [3.63, 3.8) is 0 Å². The number of hydrogen-bond donors (Lipinski definition) is 2. The minimum atomic E-state index is -1.89. The van der Waals surface area contributed by atoms with Crippen LogP contribution in [0.3, 0.4) is 0 Å². The van der Waals surface area contributed by atoms with Gasteiger partial charge in [0.2, 0.25) is 0 Å². The Hall–Kier alpha value is -1.79. The van der Waals surface area contributed by atoms with Crippen LogP contribution < -0.4 is 5.73 Å². The van der Waals surface area contributed by atoms with E-state index in [1.807, 2.05) is 22.8 Å². The highest BCUT2D eigenvalue weighted by atomic mass is 28.4. The maximum absolute atomic E-state index is 11.7. The summed E-state index contributed by atoms with van der Waals surface area (Å²) in [6.07, 6.45) is 0.787. The lowest BCUT2D eigenvalue weighted by Gasteiger charge is -2.42. The zero-order valence-electron chi connectivity index (χ0n) is 17.5. The van der Waals surface area contributed by atoms with Crippen molar-refractivity contribution in [2.75, 3.05) is 12.3 Å². The molecule has 0 bridgehead atoms. The second-order valence-corrected chi connectivity index (χ2v) is 13.8. The van der Waals surface area contributed by atoms with Crippen LogP contribution in [0.25, 0.3) is 10.9 Å². The van der Waals surface area contributed by atoms with Crippen molar-refractivity contribution in [2.24, 2.45) is 0 Å². The van der Waals surface area contributed by atoms with E-state index in [0.29, 0.717) is 41.2 Å². The Balaban J connectivity index is 2.17. The number of nitrogens with two attached hydrogens (primary N) is 1. The van der Waals surface area contributed by atoms with Crippen molar-refractivity contribution < 1.29 is 14.3 Å². The fraction of sp³-hybridized carbons (Fsp3) is 0.571. The topological polar surface area (TPSA) is 77.5 Å². The van der Waals surface area contributed by atoms with E-state index in [4.69, 9.17) is 10.2 Å². The number of aryl methyl sites for hydroxylation is 1. The molecular weight excluding hydrogens is 356 g/mol. The van der Waals surface area contributed by atoms with Gasteiger partial charge in [0, 0.05) is 29.7 Å². The van der Waals surface area contributed by atoms with E-state index in [9.17, 15) is 9.90 Å². The Bertz CT molecular complexity index is 774. The molecule has 150 valence electrons. The van der Waals surface area contributed by atoms with Crippen molar-refractivity contribution in [3.8, 4) is 0 Å². The zero-order chi connectivity index (χ0) is 20.4. The molecule has 1 heterocycles. The number of aromatic nitrogens is 1. The fourth-order valence-electron chi connectivity index (χ4n) is 4.68. The molecule has 1 aromatic carbocycles. The Kier molecular flexibility index (Phi) is 6.76. The lowest BCUT2D eigenvalue weighted by atomic mass is 10.2. The molecule has 0 aliphatic heterocycles. The van der Waals surface area contributed by atoms with E-state index in [1.54, 1.807) is 6.07 Å².